The van der Waals surface area contributed by atoms with Gasteiger partial charge in [-0.2, -0.15) is 0 Å². The molecule has 0 aliphatic carbocycles. The van der Waals surface area contributed by atoms with Gasteiger partial charge in [-0.1, -0.05) is 18.2 Å². The van der Waals surface area contributed by atoms with E-state index in [1.165, 1.54) is 5.56 Å². The summed E-state index contributed by atoms with van der Waals surface area (Å²) in [7, 11) is 0. The van der Waals surface area contributed by atoms with E-state index < -0.39 is 0 Å². The van der Waals surface area contributed by atoms with Crippen LogP contribution < -0.4 is 10.1 Å². The van der Waals surface area contributed by atoms with Gasteiger partial charge in [0.25, 0.3) is 0 Å². The summed E-state index contributed by atoms with van der Waals surface area (Å²) in [5, 5.41) is 3.45. The quantitative estimate of drug-likeness (QED) is 0.830. The summed E-state index contributed by atoms with van der Waals surface area (Å²) in [6, 6.07) is 8.28. The summed E-state index contributed by atoms with van der Waals surface area (Å²) in [5.74, 6) is 2.10. The number of aryl methyl sites for hydroxylation is 1. The summed E-state index contributed by atoms with van der Waals surface area (Å²) < 4.78 is 8.04. The first-order chi connectivity index (χ1) is 9.33. The van der Waals surface area contributed by atoms with Gasteiger partial charge in [-0.3, -0.25) is 0 Å². The summed E-state index contributed by atoms with van der Waals surface area (Å²) >= 11 is 0. The number of aromatic nitrogens is 2. The van der Waals surface area contributed by atoms with Gasteiger partial charge in [0.05, 0.1) is 0 Å². The second kappa shape index (κ2) is 5.45. The van der Waals surface area contributed by atoms with Gasteiger partial charge < -0.3 is 14.6 Å². The molecule has 0 fully saturated rings. The van der Waals surface area contributed by atoms with E-state index in [0.29, 0.717) is 0 Å². The minimum Gasteiger partial charge on any atom is -0.488 e. The third-order valence-electron chi connectivity index (χ3n) is 3.54. The average Bonchev–Trinajstić information content (AvgIpc) is 3.00. The van der Waals surface area contributed by atoms with Gasteiger partial charge in [-0.25, -0.2) is 4.98 Å². The Kier molecular flexibility index (Phi) is 3.51. The Balaban J connectivity index is 1.42. The number of imidazole rings is 1. The van der Waals surface area contributed by atoms with E-state index in [4.69, 9.17) is 4.74 Å². The molecule has 2 aromatic rings. The molecule has 1 aromatic carbocycles. The second-order valence-electron chi connectivity index (χ2n) is 4.92. The monoisotopic (exact) mass is 257 g/mol. The average molecular weight is 257 g/mol. The Hall–Kier alpha value is -1.81. The highest BCUT2D eigenvalue weighted by molar-refractivity contribution is 5.37. The topological polar surface area (TPSA) is 39.1 Å². The molecule has 4 heteroatoms. The SMILES string of the molecule is Cc1nccn1CCNCC1Cc2ccccc2O1. The van der Waals surface area contributed by atoms with Crippen LogP contribution in [0, 0.1) is 6.92 Å². The largest absolute Gasteiger partial charge is 0.488 e. The standard InChI is InChI=1S/C15H19N3O/c1-12-17-7-9-18(12)8-6-16-11-14-10-13-4-2-3-5-15(13)19-14/h2-5,7,9,14,16H,6,8,10-11H2,1H3. The van der Waals surface area contributed by atoms with Crippen molar-refractivity contribution >= 4 is 0 Å². The van der Waals surface area contributed by atoms with E-state index in [-0.39, 0.29) is 6.10 Å². The summed E-state index contributed by atoms with van der Waals surface area (Å²) in [6.45, 7) is 4.80. The highest BCUT2D eigenvalue weighted by Crippen LogP contribution is 2.27. The first-order valence-corrected chi connectivity index (χ1v) is 6.76. The van der Waals surface area contributed by atoms with Crippen LogP contribution in [0.5, 0.6) is 5.75 Å². The molecule has 0 saturated heterocycles. The van der Waals surface area contributed by atoms with Crippen molar-refractivity contribution in [2.75, 3.05) is 13.1 Å². The zero-order chi connectivity index (χ0) is 13.1. The van der Waals surface area contributed by atoms with Crippen molar-refractivity contribution in [3.8, 4) is 5.75 Å². The molecule has 3 rings (SSSR count). The molecule has 1 N–H and O–H groups in total. The molecule has 0 amide bonds. The van der Waals surface area contributed by atoms with Crippen molar-refractivity contribution in [2.45, 2.75) is 26.0 Å². The summed E-state index contributed by atoms with van der Waals surface area (Å²) in [5.41, 5.74) is 1.32. The van der Waals surface area contributed by atoms with Gasteiger partial charge in [0, 0.05) is 38.4 Å². The molecule has 1 aliphatic heterocycles. The number of benzene rings is 1. The van der Waals surface area contributed by atoms with Gasteiger partial charge in [0.1, 0.15) is 17.7 Å². The minimum absolute atomic E-state index is 0.265. The van der Waals surface area contributed by atoms with Gasteiger partial charge in [-0.15, -0.1) is 0 Å². The molecule has 0 radical (unpaired) electrons. The lowest BCUT2D eigenvalue weighted by Gasteiger charge is -2.12. The molecule has 4 nitrogen and oxygen atoms in total. The van der Waals surface area contributed by atoms with Gasteiger partial charge >= 0.3 is 0 Å². The molecule has 100 valence electrons. The van der Waals surface area contributed by atoms with Gasteiger partial charge in [0.15, 0.2) is 0 Å². The lowest BCUT2D eigenvalue weighted by Crippen LogP contribution is -2.32. The minimum atomic E-state index is 0.265. The van der Waals surface area contributed by atoms with Crippen molar-refractivity contribution in [1.82, 2.24) is 14.9 Å². The zero-order valence-electron chi connectivity index (χ0n) is 11.2. The maximum atomic E-state index is 5.89. The number of ether oxygens (including phenoxy) is 1. The predicted molar refractivity (Wildman–Crippen MR) is 74.4 cm³/mol. The van der Waals surface area contributed by atoms with Crippen molar-refractivity contribution in [1.29, 1.82) is 0 Å². The van der Waals surface area contributed by atoms with Crippen molar-refractivity contribution in [2.24, 2.45) is 0 Å². The smallest absolute Gasteiger partial charge is 0.123 e. The summed E-state index contributed by atoms with van der Waals surface area (Å²) in [4.78, 5) is 4.21. The van der Waals surface area contributed by atoms with Crippen LogP contribution in [-0.4, -0.2) is 28.7 Å². The van der Waals surface area contributed by atoms with E-state index >= 15 is 0 Å². The highest BCUT2D eigenvalue weighted by Gasteiger charge is 2.21. The van der Waals surface area contributed by atoms with Crippen molar-refractivity contribution < 1.29 is 4.74 Å². The number of hydrogen-bond donors (Lipinski definition) is 1. The Morgan fingerprint density at radius 2 is 2.32 bits per heavy atom. The van der Waals surface area contributed by atoms with Crippen LogP contribution in [-0.2, 0) is 13.0 Å². The molecule has 0 saturated carbocycles. The van der Waals surface area contributed by atoms with Crippen LogP contribution in [0.15, 0.2) is 36.7 Å². The fraction of sp³-hybridized carbons (Fsp3) is 0.400. The fourth-order valence-electron chi connectivity index (χ4n) is 2.47. The summed E-state index contributed by atoms with van der Waals surface area (Å²) in [6.07, 6.45) is 5.12. The molecule has 2 heterocycles. The number of hydrogen-bond acceptors (Lipinski definition) is 3. The third kappa shape index (κ3) is 2.79. The molecule has 19 heavy (non-hydrogen) atoms. The molecule has 1 unspecified atom stereocenters. The van der Waals surface area contributed by atoms with E-state index in [1.807, 2.05) is 31.5 Å². The fourth-order valence-corrected chi connectivity index (χ4v) is 2.47. The Morgan fingerprint density at radius 1 is 1.42 bits per heavy atom. The van der Waals surface area contributed by atoms with Gasteiger partial charge in [0.2, 0.25) is 0 Å². The number of nitrogens with one attached hydrogen (secondary N) is 1. The van der Waals surface area contributed by atoms with E-state index in [9.17, 15) is 0 Å². The molecule has 1 aliphatic rings. The van der Waals surface area contributed by atoms with Crippen molar-refractivity contribution in [3.63, 3.8) is 0 Å². The number of rotatable bonds is 5. The maximum Gasteiger partial charge on any atom is 0.123 e. The number of para-hydroxylation sites is 1. The van der Waals surface area contributed by atoms with Crippen LogP contribution in [0.25, 0.3) is 0 Å². The molecule has 0 spiro atoms. The maximum absolute atomic E-state index is 5.89. The Labute approximate surface area is 113 Å². The van der Waals surface area contributed by atoms with E-state index in [0.717, 1.165) is 37.6 Å². The van der Waals surface area contributed by atoms with Crippen LogP contribution >= 0.6 is 0 Å². The first-order valence-electron chi connectivity index (χ1n) is 6.76. The Morgan fingerprint density at radius 3 is 3.11 bits per heavy atom. The highest BCUT2D eigenvalue weighted by atomic mass is 16.5. The number of nitrogens with zero attached hydrogens (tertiary/aromatic N) is 2. The molecular weight excluding hydrogens is 238 g/mol. The third-order valence-corrected chi connectivity index (χ3v) is 3.54. The zero-order valence-corrected chi connectivity index (χ0v) is 11.2. The second-order valence-corrected chi connectivity index (χ2v) is 4.92. The number of fused-ring (bicyclic) bond motifs is 1. The molecular formula is C15H19N3O. The molecule has 1 atom stereocenters. The van der Waals surface area contributed by atoms with E-state index in [1.54, 1.807) is 0 Å². The van der Waals surface area contributed by atoms with Crippen LogP contribution in [0.4, 0.5) is 0 Å². The lowest BCUT2D eigenvalue weighted by atomic mass is 10.1. The molecule has 1 aromatic heterocycles. The van der Waals surface area contributed by atoms with Crippen LogP contribution in [0.2, 0.25) is 0 Å². The van der Waals surface area contributed by atoms with Crippen LogP contribution in [0.3, 0.4) is 0 Å². The normalized spacial score (nSPS) is 17.2. The van der Waals surface area contributed by atoms with E-state index in [2.05, 4.69) is 27.0 Å². The lowest BCUT2D eigenvalue weighted by molar-refractivity contribution is 0.227. The predicted octanol–water partition coefficient (Wildman–Crippen LogP) is 1.78. The van der Waals surface area contributed by atoms with Crippen LogP contribution in [0.1, 0.15) is 11.4 Å². The molecule has 0 bridgehead atoms. The first kappa shape index (κ1) is 12.2. The van der Waals surface area contributed by atoms with Gasteiger partial charge in [-0.05, 0) is 18.6 Å². The Bertz CT molecular complexity index is 525. The van der Waals surface area contributed by atoms with Crippen molar-refractivity contribution in [3.05, 3.63) is 48.0 Å².